The molecular formula is C24H9F12N3. The Labute approximate surface area is 211 Å². The number of rotatable bonds is 0. The molecule has 15 heteroatoms. The third kappa shape index (κ3) is 8.40. The number of nitrogens with zero attached hydrogens (tertiary/aromatic N) is 3. The van der Waals surface area contributed by atoms with Gasteiger partial charge in [-0.3, -0.25) is 0 Å². The standard InChI is InChI=1S/3C7HF4N.C3H6/c3*8-4-1-5(9)7(11)3(2-12)6(4)10;1-2-3-1/h3*1H;1-3H2. The minimum atomic E-state index is -1.67. The maximum absolute atomic E-state index is 12.4. The van der Waals surface area contributed by atoms with Crippen LogP contribution in [0.5, 0.6) is 0 Å². The zero-order valence-electron chi connectivity index (χ0n) is 18.7. The highest BCUT2D eigenvalue weighted by Crippen LogP contribution is 2.19. The van der Waals surface area contributed by atoms with Crippen molar-refractivity contribution in [1.82, 2.24) is 0 Å². The highest BCUT2D eigenvalue weighted by Gasteiger charge is 2.20. The first kappa shape index (κ1) is 32.3. The molecule has 39 heavy (non-hydrogen) atoms. The highest BCUT2D eigenvalue weighted by atomic mass is 19.2. The fourth-order valence-electron chi connectivity index (χ4n) is 2.01. The molecule has 204 valence electrons. The first-order chi connectivity index (χ1) is 18.2. The van der Waals surface area contributed by atoms with Crippen LogP contribution in [0.25, 0.3) is 0 Å². The van der Waals surface area contributed by atoms with E-state index in [0.29, 0.717) is 0 Å². The molecule has 3 nitrogen and oxygen atoms in total. The number of benzene rings is 3. The minimum absolute atomic E-state index is 0.0471. The number of halogens is 12. The Morgan fingerprint density at radius 3 is 0.615 bits per heavy atom. The maximum Gasteiger partial charge on any atom is 0.179 e. The van der Waals surface area contributed by atoms with E-state index in [-0.39, 0.29) is 18.2 Å². The van der Waals surface area contributed by atoms with E-state index >= 15 is 0 Å². The van der Waals surface area contributed by atoms with E-state index in [4.69, 9.17) is 15.8 Å². The van der Waals surface area contributed by atoms with Gasteiger partial charge in [0, 0.05) is 18.2 Å². The van der Waals surface area contributed by atoms with Gasteiger partial charge in [0.25, 0.3) is 0 Å². The molecule has 0 amide bonds. The summed E-state index contributed by atoms with van der Waals surface area (Å²) in [6.07, 6.45) is 4.50. The van der Waals surface area contributed by atoms with E-state index in [1.54, 1.807) is 0 Å². The van der Waals surface area contributed by atoms with Crippen LogP contribution in [0.2, 0.25) is 0 Å². The first-order valence-corrected chi connectivity index (χ1v) is 9.92. The van der Waals surface area contributed by atoms with E-state index in [1.807, 2.05) is 0 Å². The molecule has 0 N–H and O–H groups in total. The van der Waals surface area contributed by atoms with Crippen molar-refractivity contribution in [1.29, 1.82) is 15.8 Å². The Hall–Kier alpha value is -4.71. The lowest BCUT2D eigenvalue weighted by Crippen LogP contribution is -1.98. The van der Waals surface area contributed by atoms with Gasteiger partial charge in [0.05, 0.1) is 0 Å². The first-order valence-electron chi connectivity index (χ1n) is 9.92. The van der Waals surface area contributed by atoms with Gasteiger partial charge in [-0.05, 0) is 0 Å². The summed E-state index contributed by atoms with van der Waals surface area (Å²) in [4.78, 5) is 0. The van der Waals surface area contributed by atoms with Gasteiger partial charge >= 0.3 is 0 Å². The second-order valence-electron chi connectivity index (χ2n) is 6.93. The summed E-state index contributed by atoms with van der Waals surface area (Å²) in [5.74, 6) is -19.5. The Balaban J connectivity index is 0.000000276. The summed E-state index contributed by atoms with van der Waals surface area (Å²) in [7, 11) is 0. The van der Waals surface area contributed by atoms with Crippen LogP contribution >= 0.6 is 0 Å². The molecule has 1 fully saturated rings. The molecule has 4 rings (SSSR count). The molecule has 1 aliphatic rings. The summed E-state index contributed by atoms with van der Waals surface area (Å²) < 4.78 is 148. The molecule has 0 unspecified atom stereocenters. The van der Waals surface area contributed by atoms with Gasteiger partial charge in [-0.15, -0.1) is 0 Å². The molecule has 3 aromatic rings. The maximum atomic E-state index is 12.4. The van der Waals surface area contributed by atoms with Crippen molar-refractivity contribution in [3.8, 4) is 18.2 Å². The topological polar surface area (TPSA) is 71.4 Å². The van der Waals surface area contributed by atoms with Crippen LogP contribution in [0, 0.1) is 104 Å². The molecule has 0 atom stereocenters. The van der Waals surface area contributed by atoms with Crippen molar-refractivity contribution in [3.05, 3.63) is 105 Å². The summed E-state index contributed by atoms with van der Waals surface area (Å²) >= 11 is 0. The molecule has 0 aliphatic heterocycles. The van der Waals surface area contributed by atoms with Gasteiger partial charge < -0.3 is 0 Å². The Bertz CT molecular complexity index is 1240. The van der Waals surface area contributed by atoms with Gasteiger partial charge in [-0.25, -0.2) is 52.7 Å². The predicted molar refractivity (Wildman–Crippen MR) is 107 cm³/mol. The van der Waals surface area contributed by atoms with Crippen molar-refractivity contribution >= 4 is 0 Å². The third-order valence-corrected chi connectivity index (χ3v) is 4.02. The lowest BCUT2D eigenvalue weighted by atomic mass is 10.2. The van der Waals surface area contributed by atoms with E-state index in [0.717, 1.165) is 18.2 Å². The van der Waals surface area contributed by atoms with E-state index in [2.05, 4.69) is 0 Å². The van der Waals surface area contributed by atoms with Crippen molar-refractivity contribution in [3.63, 3.8) is 0 Å². The van der Waals surface area contributed by atoms with Crippen molar-refractivity contribution < 1.29 is 52.7 Å². The summed E-state index contributed by atoms with van der Waals surface area (Å²) in [5, 5.41) is 24.3. The van der Waals surface area contributed by atoms with Crippen molar-refractivity contribution in [2.45, 2.75) is 19.3 Å². The van der Waals surface area contributed by atoms with Gasteiger partial charge in [0.2, 0.25) is 0 Å². The molecule has 3 aromatic carbocycles. The molecule has 1 saturated carbocycles. The summed E-state index contributed by atoms with van der Waals surface area (Å²) in [6, 6.07) is 3.19. The quantitative estimate of drug-likeness (QED) is 0.209. The molecule has 0 spiro atoms. The van der Waals surface area contributed by atoms with Gasteiger partial charge in [0.1, 0.15) is 34.9 Å². The van der Waals surface area contributed by atoms with Gasteiger partial charge in [-0.2, -0.15) is 15.8 Å². The average molecular weight is 567 g/mol. The lowest BCUT2D eigenvalue weighted by Gasteiger charge is -1.97. The monoisotopic (exact) mass is 567 g/mol. The van der Waals surface area contributed by atoms with Crippen LogP contribution in [-0.4, -0.2) is 0 Å². The average Bonchev–Trinajstić information content (AvgIpc) is 3.77. The fourth-order valence-corrected chi connectivity index (χ4v) is 2.01. The Kier molecular flexibility index (Phi) is 11.8. The largest absolute Gasteiger partial charge is 0.204 e. The molecule has 0 heterocycles. The number of hydrogen-bond acceptors (Lipinski definition) is 3. The van der Waals surface area contributed by atoms with E-state index < -0.39 is 86.5 Å². The summed E-state index contributed by atoms with van der Waals surface area (Å²) in [6.45, 7) is 0. The zero-order chi connectivity index (χ0) is 30.0. The zero-order valence-corrected chi connectivity index (χ0v) is 18.7. The fraction of sp³-hybridized carbons (Fsp3) is 0.125. The second-order valence-corrected chi connectivity index (χ2v) is 6.93. The third-order valence-electron chi connectivity index (χ3n) is 4.02. The lowest BCUT2D eigenvalue weighted by molar-refractivity contribution is 0.450. The molecule has 1 aliphatic carbocycles. The molecule has 0 saturated heterocycles. The van der Waals surface area contributed by atoms with E-state index in [1.165, 1.54) is 19.3 Å². The van der Waals surface area contributed by atoms with Gasteiger partial charge in [-0.1, -0.05) is 19.3 Å². The number of nitriles is 3. The molecule has 0 bridgehead atoms. The van der Waals surface area contributed by atoms with E-state index in [9.17, 15) is 52.7 Å². The molecule has 0 aromatic heterocycles. The number of hydrogen-bond donors (Lipinski definition) is 0. The Morgan fingerprint density at radius 2 is 0.513 bits per heavy atom. The van der Waals surface area contributed by atoms with Crippen LogP contribution in [-0.2, 0) is 0 Å². The smallest absolute Gasteiger partial charge is 0.179 e. The van der Waals surface area contributed by atoms with Crippen molar-refractivity contribution in [2.24, 2.45) is 0 Å². The predicted octanol–water partition coefficient (Wildman–Crippen LogP) is 7.51. The Morgan fingerprint density at radius 1 is 0.359 bits per heavy atom. The SMILES string of the molecule is C1CC1.N#Cc1c(F)c(F)cc(F)c1F.N#Cc1c(F)c(F)cc(F)c1F.N#Cc1c(F)c(F)cc(F)c1F. The van der Waals surface area contributed by atoms with Crippen LogP contribution in [0.15, 0.2) is 18.2 Å². The second kappa shape index (κ2) is 14.3. The molecular weight excluding hydrogens is 558 g/mol. The highest BCUT2D eigenvalue weighted by molar-refractivity contribution is 5.34. The van der Waals surface area contributed by atoms with Crippen LogP contribution in [0.3, 0.4) is 0 Å². The molecule has 0 radical (unpaired) electrons. The summed E-state index contributed by atoms with van der Waals surface area (Å²) in [5.41, 5.74) is -3.73. The minimum Gasteiger partial charge on any atom is -0.204 e. The normalized spacial score (nSPS) is 10.7. The van der Waals surface area contributed by atoms with Crippen LogP contribution in [0.1, 0.15) is 36.0 Å². The van der Waals surface area contributed by atoms with Crippen LogP contribution in [0.4, 0.5) is 52.7 Å². The van der Waals surface area contributed by atoms with Gasteiger partial charge in [0.15, 0.2) is 69.8 Å². The van der Waals surface area contributed by atoms with Crippen molar-refractivity contribution in [2.75, 3.05) is 0 Å². The van der Waals surface area contributed by atoms with Crippen LogP contribution < -0.4 is 0 Å².